The van der Waals surface area contributed by atoms with Crippen molar-refractivity contribution in [2.75, 3.05) is 25.5 Å². The summed E-state index contributed by atoms with van der Waals surface area (Å²) in [6.45, 7) is 2.60. The zero-order valence-electron chi connectivity index (χ0n) is 12.2. The fourth-order valence-corrected chi connectivity index (χ4v) is 1.88. The van der Waals surface area contributed by atoms with Gasteiger partial charge >= 0.3 is 5.97 Å². The monoisotopic (exact) mass is 278 g/mol. The van der Waals surface area contributed by atoms with E-state index in [9.17, 15) is 9.59 Å². The summed E-state index contributed by atoms with van der Waals surface area (Å²) in [4.78, 5) is 25.1. The van der Waals surface area contributed by atoms with Crippen molar-refractivity contribution in [1.82, 2.24) is 5.32 Å². The molecule has 5 heteroatoms. The summed E-state index contributed by atoms with van der Waals surface area (Å²) in [6, 6.07) is 6.51. The third-order valence-corrected chi connectivity index (χ3v) is 3.00. The lowest BCUT2D eigenvalue weighted by Gasteiger charge is -2.16. The molecule has 1 atom stereocenters. The Labute approximate surface area is 119 Å². The van der Waals surface area contributed by atoms with Gasteiger partial charge in [0.1, 0.15) is 0 Å². The van der Waals surface area contributed by atoms with E-state index in [-0.39, 0.29) is 12.2 Å². The van der Waals surface area contributed by atoms with Crippen LogP contribution in [0.25, 0.3) is 0 Å². The van der Waals surface area contributed by atoms with Gasteiger partial charge in [0.15, 0.2) is 5.78 Å². The molecule has 110 valence electrons. The van der Waals surface area contributed by atoms with Crippen LogP contribution in [0, 0.1) is 0 Å². The number of hydrogen-bond acceptors (Lipinski definition) is 4. The first-order chi connectivity index (χ1) is 9.45. The van der Waals surface area contributed by atoms with Crippen molar-refractivity contribution in [3.05, 3.63) is 29.8 Å². The standard InChI is InChI=1S/C15H22N2O3/c1-4-9-16-13(10-14(18)19)15(20)11-5-7-12(8-6-11)17(2)3/h5-8,13,16H,4,9-10H2,1-3H3,(H,18,19). The molecular formula is C15H22N2O3. The number of anilines is 1. The van der Waals surface area contributed by atoms with Crippen molar-refractivity contribution in [1.29, 1.82) is 0 Å². The summed E-state index contributed by atoms with van der Waals surface area (Å²) in [5.41, 5.74) is 1.53. The highest BCUT2D eigenvalue weighted by atomic mass is 16.4. The minimum absolute atomic E-state index is 0.175. The molecular weight excluding hydrogens is 256 g/mol. The molecule has 0 aliphatic carbocycles. The number of carbonyl (C=O) groups excluding carboxylic acids is 1. The van der Waals surface area contributed by atoms with Gasteiger partial charge in [0.25, 0.3) is 0 Å². The van der Waals surface area contributed by atoms with Crippen LogP contribution in [0.15, 0.2) is 24.3 Å². The highest BCUT2D eigenvalue weighted by Gasteiger charge is 2.22. The molecule has 0 aliphatic rings. The van der Waals surface area contributed by atoms with Gasteiger partial charge in [-0.2, -0.15) is 0 Å². The minimum atomic E-state index is -0.975. The van der Waals surface area contributed by atoms with Crippen LogP contribution in [0.4, 0.5) is 5.69 Å². The fourth-order valence-electron chi connectivity index (χ4n) is 1.88. The lowest BCUT2D eigenvalue weighted by atomic mass is 10.0. The lowest BCUT2D eigenvalue weighted by molar-refractivity contribution is -0.137. The fraction of sp³-hybridized carbons (Fsp3) is 0.467. The Bertz CT molecular complexity index is 455. The Morgan fingerprint density at radius 1 is 1.25 bits per heavy atom. The van der Waals surface area contributed by atoms with Gasteiger partial charge in [-0.1, -0.05) is 6.92 Å². The first-order valence-electron chi connectivity index (χ1n) is 6.72. The number of aliphatic carboxylic acids is 1. The van der Waals surface area contributed by atoms with Crippen LogP contribution in [-0.2, 0) is 4.79 Å². The van der Waals surface area contributed by atoms with E-state index >= 15 is 0 Å². The molecule has 0 aromatic heterocycles. The van der Waals surface area contributed by atoms with Crippen molar-refractivity contribution in [3.63, 3.8) is 0 Å². The predicted octanol–water partition coefficient (Wildman–Crippen LogP) is 1.78. The number of rotatable bonds is 8. The predicted molar refractivity (Wildman–Crippen MR) is 79.4 cm³/mol. The molecule has 0 aliphatic heterocycles. The van der Waals surface area contributed by atoms with Gasteiger partial charge in [0.05, 0.1) is 12.5 Å². The molecule has 5 nitrogen and oxygen atoms in total. The Morgan fingerprint density at radius 3 is 2.30 bits per heavy atom. The van der Waals surface area contributed by atoms with E-state index < -0.39 is 12.0 Å². The molecule has 20 heavy (non-hydrogen) atoms. The number of hydrogen-bond donors (Lipinski definition) is 2. The van der Waals surface area contributed by atoms with Crippen molar-refractivity contribution in [2.45, 2.75) is 25.8 Å². The molecule has 0 saturated heterocycles. The van der Waals surface area contributed by atoms with Crippen LogP contribution < -0.4 is 10.2 Å². The quantitative estimate of drug-likeness (QED) is 0.709. The van der Waals surface area contributed by atoms with Crippen LogP contribution >= 0.6 is 0 Å². The maximum absolute atomic E-state index is 12.3. The van der Waals surface area contributed by atoms with E-state index in [1.165, 1.54) is 0 Å². The maximum atomic E-state index is 12.3. The van der Waals surface area contributed by atoms with Crippen LogP contribution in [0.5, 0.6) is 0 Å². The second-order valence-corrected chi connectivity index (χ2v) is 4.91. The highest BCUT2D eigenvalue weighted by Crippen LogP contribution is 2.14. The maximum Gasteiger partial charge on any atom is 0.305 e. The number of Topliss-reactive ketones (excluding diaryl/α,β-unsaturated/α-hetero) is 1. The van der Waals surface area contributed by atoms with E-state index in [1.54, 1.807) is 12.1 Å². The first kappa shape index (κ1) is 16.2. The Hall–Kier alpha value is -1.88. The van der Waals surface area contributed by atoms with Gasteiger partial charge in [-0.05, 0) is 37.2 Å². The van der Waals surface area contributed by atoms with Gasteiger partial charge < -0.3 is 15.3 Å². The second-order valence-electron chi connectivity index (χ2n) is 4.91. The summed E-state index contributed by atoms with van der Waals surface area (Å²) in [5, 5.41) is 11.9. The Balaban J connectivity index is 2.84. The molecule has 0 spiro atoms. The molecule has 1 aromatic carbocycles. The van der Waals surface area contributed by atoms with Crippen molar-refractivity contribution in [2.24, 2.45) is 0 Å². The third-order valence-electron chi connectivity index (χ3n) is 3.00. The zero-order chi connectivity index (χ0) is 15.1. The first-order valence-corrected chi connectivity index (χ1v) is 6.72. The largest absolute Gasteiger partial charge is 0.481 e. The summed E-state index contributed by atoms with van der Waals surface area (Å²) >= 11 is 0. The minimum Gasteiger partial charge on any atom is -0.481 e. The van der Waals surface area contributed by atoms with Gasteiger partial charge in [0, 0.05) is 25.3 Å². The number of benzene rings is 1. The molecule has 0 heterocycles. The Kier molecular flexibility index (Phi) is 6.18. The number of carboxylic acid groups (broad SMARTS) is 1. The van der Waals surface area contributed by atoms with Crippen LogP contribution in [0.1, 0.15) is 30.1 Å². The van der Waals surface area contributed by atoms with E-state index in [1.807, 2.05) is 38.1 Å². The lowest BCUT2D eigenvalue weighted by Crippen LogP contribution is -2.39. The normalized spacial score (nSPS) is 11.9. The summed E-state index contributed by atoms with van der Waals surface area (Å²) in [7, 11) is 3.85. The molecule has 0 fully saturated rings. The van der Waals surface area contributed by atoms with Gasteiger partial charge in [-0.25, -0.2) is 0 Å². The summed E-state index contributed by atoms with van der Waals surface area (Å²) in [5.74, 6) is -1.15. The number of carbonyl (C=O) groups is 2. The number of carboxylic acids is 1. The summed E-state index contributed by atoms with van der Waals surface area (Å²) in [6.07, 6.45) is 0.650. The average molecular weight is 278 g/mol. The Morgan fingerprint density at radius 2 is 1.85 bits per heavy atom. The van der Waals surface area contributed by atoms with Gasteiger partial charge in [-0.3, -0.25) is 9.59 Å². The van der Waals surface area contributed by atoms with Crippen molar-refractivity contribution >= 4 is 17.4 Å². The highest BCUT2D eigenvalue weighted by molar-refractivity contribution is 6.01. The summed E-state index contributed by atoms with van der Waals surface area (Å²) < 4.78 is 0. The van der Waals surface area contributed by atoms with E-state index in [4.69, 9.17) is 5.11 Å². The third kappa shape index (κ3) is 4.66. The topological polar surface area (TPSA) is 69.6 Å². The average Bonchev–Trinajstić information content (AvgIpc) is 2.42. The van der Waals surface area contributed by atoms with Crippen molar-refractivity contribution in [3.8, 4) is 0 Å². The SMILES string of the molecule is CCCNC(CC(=O)O)C(=O)c1ccc(N(C)C)cc1. The second kappa shape index (κ2) is 7.65. The van der Waals surface area contributed by atoms with E-state index in [0.29, 0.717) is 12.1 Å². The zero-order valence-corrected chi connectivity index (χ0v) is 12.2. The number of ketones is 1. The molecule has 0 radical (unpaired) electrons. The molecule has 0 saturated carbocycles. The molecule has 2 N–H and O–H groups in total. The van der Waals surface area contributed by atoms with E-state index in [0.717, 1.165) is 12.1 Å². The molecule has 0 bridgehead atoms. The molecule has 0 amide bonds. The van der Waals surface area contributed by atoms with Crippen molar-refractivity contribution < 1.29 is 14.7 Å². The number of nitrogens with zero attached hydrogens (tertiary/aromatic N) is 1. The molecule has 1 aromatic rings. The van der Waals surface area contributed by atoms with Gasteiger partial charge in [0.2, 0.25) is 0 Å². The van der Waals surface area contributed by atoms with Crippen LogP contribution in [0.3, 0.4) is 0 Å². The van der Waals surface area contributed by atoms with E-state index in [2.05, 4.69) is 5.32 Å². The van der Waals surface area contributed by atoms with Crippen LogP contribution in [0.2, 0.25) is 0 Å². The molecule has 1 unspecified atom stereocenters. The van der Waals surface area contributed by atoms with Crippen LogP contribution in [-0.4, -0.2) is 43.5 Å². The smallest absolute Gasteiger partial charge is 0.305 e. The van der Waals surface area contributed by atoms with Gasteiger partial charge in [-0.15, -0.1) is 0 Å². The number of nitrogens with one attached hydrogen (secondary N) is 1. The molecule has 1 rings (SSSR count).